The molecule has 2 aromatic heterocycles. The quantitative estimate of drug-likeness (QED) is 0.825. The molecule has 3 heteroatoms. The fourth-order valence-electron chi connectivity index (χ4n) is 2.15. The van der Waals surface area contributed by atoms with E-state index in [-0.39, 0.29) is 5.41 Å². The molecule has 0 atom stereocenters. The van der Waals surface area contributed by atoms with Crippen LogP contribution in [0.25, 0.3) is 5.82 Å². The number of aromatic nitrogens is 3. The first-order valence-electron chi connectivity index (χ1n) is 6.53. The summed E-state index contributed by atoms with van der Waals surface area (Å²) in [6.07, 6.45) is 5.94. The van der Waals surface area contributed by atoms with Gasteiger partial charge in [-0.05, 0) is 29.5 Å². The predicted molar refractivity (Wildman–Crippen MR) is 74.1 cm³/mol. The van der Waals surface area contributed by atoms with Gasteiger partial charge in [0.2, 0.25) is 0 Å². The molecule has 0 N–H and O–H groups in total. The number of rotatable bonds is 3. The van der Waals surface area contributed by atoms with Gasteiger partial charge in [0.15, 0.2) is 5.82 Å². The van der Waals surface area contributed by atoms with Crippen LogP contribution in [0.2, 0.25) is 0 Å². The molecule has 0 aromatic carbocycles. The predicted octanol–water partition coefficient (Wildman–Crippen LogP) is 3.52. The lowest BCUT2D eigenvalue weighted by Crippen LogP contribution is -2.14. The SMILES string of the molecule is CCCc1c(C(C)(C)C)cnn1-c1ccccn1. The van der Waals surface area contributed by atoms with Gasteiger partial charge in [0.05, 0.1) is 6.20 Å². The van der Waals surface area contributed by atoms with Crippen LogP contribution in [-0.2, 0) is 11.8 Å². The molecule has 0 aliphatic carbocycles. The molecule has 0 aliphatic heterocycles. The molecule has 0 unspecified atom stereocenters. The first-order chi connectivity index (χ1) is 8.54. The third-order valence-electron chi connectivity index (χ3n) is 3.03. The van der Waals surface area contributed by atoms with E-state index in [9.17, 15) is 0 Å². The van der Waals surface area contributed by atoms with Crippen LogP contribution in [-0.4, -0.2) is 14.8 Å². The molecule has 0 radical (unpaired) electrons. The van der Waals surface area contributed by atoms with E-state index >= 15 is 0 Å². The molecule has 0 aliphatic rings. The van der Waals surface area contributed by atoms with Gasteiger partial charge < -0.3 is 0 Å². The van der Waals surface area contributed by atoms with Crippen molar-refractivity contribution in [3.05, 3.63) is 41.9 Å². The topological polar surface area (TPSA) is 30.7 Å². The molecular formula is C15H21N3. The molecule has 0 saturated heterocycles. The average Bonchev–Trinajstić information content (AvgIpc) is 2.74. The highest BCUT2D eigenvalue weighted by molar-refractivity contribution is 5.32. The molecule has 0 fully saturated rings. The zero-order valence-electron chi connectivity index (χ0n) is 11.6. The van der Waals surface area contributed by atoms with Gasteiger partial charge in [-0.3, -0.25) is 0 Å². The van der Waals surface area contributed by atoms with Crippen LogP contribution in [0.3, 0.4) is 0 Å². The van der Waals surface area contributed by atoms with E-state index in [1.54, 1.807) is 0 Å². The summed E-state index contributed by atoms with van der Waals surface area (Å²) >= 11 is 0. The van der Waals surface area contributed by atoms with Crippen LogP contribution in [0.5, 0.6) is 0 Å². The Bertz CT molecular complexity index is 506. The summed E-state index contributed by atoms with van der Waals surface area (Å²) < 4.78 is 1.98. The Hall–Kier alpha value is -1.64. The molecule has 0 amide bonds. The van der Waals surface area contributed by atoms with Gasteiger partial charge in [0.1, 0.15) is 0 Å². The minimum atomic E-state index is 0.123. The summed E-state index contributed by atoms with van der Waals surface area (Å²) in [6, 6.07) is 5.92. The number of nitrogens with zero attached hydrogens (tertiary/aromatic N) is 3. The monoisotopic (exact) mass is 243 g/mol. The zero-order chi connectivity index (χ0) is 13.2. The average molecular weight is 243 g/mol. The smallest absolute Gasteiger partial charge is 0.153 e. The summed E-state index contributed by atoms with van der Waals surface area (Å²) in [5.74, 6) is 0.899. The van der Waals surface area contributed by atoms with Gasteiger partial charge in [-0.15, -0.1) is 0 Å². The number of hydrogen-bond donors (Lipinski definition) is 0. The lowest BCUT2D eigenvalue weighted by Gasteiger charge is -2.19. The van der Waals surface area contributed by atoms with Gasteiger partial charge in [-0.2, -0.15) is 5.10 Å². The summed E-state index contributed by atoms with van der Waals surface area (Å²) in [6.45, 7) is 8.88. The molecule has 2 heterocycles. The Labute approximate surface area is 109 Å². The molecule has 96 valence electrons. The van der Waals surface area contributed by atoms with E-state index in [4.69, 9.17) is 0 Å². The van der Waals surface area contributed by atoms with E-state index < -0.39 is 0 Å². The van der Waals surface area contributed by atoms with Crippen molar-refractivity contribution >= 4 is 0 Å². The summed E-state index contributed by atoms with van der Waals surface area (Å²) in [5, 5.41) is 4.53. The maximum atomic E-state index is 4.53. The lowest BCUT2D eigenvalue weighted by atomic mass is 9.86. The maximum Gasteiger partial charge on any atom is 0.153 e. The van der Waals surface area contributed by atoms with E-state index in [2.05, 4.69) is 37.8 Å². The molecule has 0 spiro atoms. The van der Waals surface area contributed by atoms with Crippen molar-refractivity contribution in [3.63, 3.8) is 0 Å². The van der Waals surface area contributed by atoms with Crippen LogP contribution < -0.4 is 0 Å². The van der Waals surface area contributed by atoms with Gasteiger partial charge in [-0.25, -0.2) is 9.67 Å². The molecular weight excluding hydrogens is 222 g/mol. The molecule has 3 nitrogen and oxygen atoms in total. The Morgan fingerprint density at radius 3 is 2.56 bits per heavy atom. The largest absolute Gasteiger partial charge is 0.237 e. The van der Waals surface area contributed by atoms with Crippen LogP contribution in [0.15, 0.2) is 30.6 Å². The van der Waals surface area contributed by atoms with Gasteiger partial charge >= 0.3 is 0 Å². The van der Waals surface area contributed by atoms with E-state index in [1.165, 1.54) is 11.3 Å². The van der Waals surface area contributed by atoms with Gasteiger partial charge in [0, 0.05) is 11.9 Å². The van der Waals surface area contributed by atoms with Crippen LogP contribution in [0, 0.1) is 0 Å². The van der Waals surface area contributed by atoms with E-state index in [1.807, 2.05) is 35.3 Å². The molecule has 18 heavy (non-hydrogen) atoms. The second-order valence-corrected chi connectivity index (χ2v) is 5.60. The second-order valence-electron chi connectivity index (χ2n) is 5.60. The Morgan fingerprint density at radius 2 is 2.00 bits per heavy atom. The van der Waals surface area contributed by atoms with Crippen LogP contribution >= 0.6 is 0 Å². The third-order valence-corrected chi connectivity index (χ3v) is 3.03. The number of pyridine rings is 1. The van der Waals surface area contributed by atoms with Crippen molar-refractivity contribution < 1.29 is 0 Å². The van der Waals surface area contributed by atoms with Crippen molar-refractivity contribution in [2.24, 2.45) is 0 Å². The molecule has 0 saturated carbocycles. The van der Waals surface area contributed by atoms with Gasteiger partial charge in [-0.1, -0.05) is 40.2 Å². The summed E-state index contributed by atoms with van der Waals surface area (Å²) in [7, 11) is 0. The Balaban J connectivity index is 2.52. The minimum absolute atomic E-state index is 0.123. The zero-order valence-corrected chi connectivity index (χ0v) is 11.6. The first kappa shape index (κ1) is 12.8. The maximum absolute atomic E-state index is 4.53. The lowest BCUT2D eigenvalue weighted by molar-refractivity contribution is 0.578. The second kappa shape index (κ2) is 4.92. The Kier molecular flexibility index (Phi) is 3.50. The third kappa shape index (κ3) is 2.45. The van der Waals surface area contributed by atoms with Crippen molar-refractivity contribution in [1.29, 1.82) is 0 Å². The fraction of sp³-hybridized carbons (Fsp3) is 0.467. The first-order valence-corrected chi connectivity index (χ1v) is 6.53. The normalized spacial score (nSPS) is 11.8. The number of hydrogen-bond acceptors (Lipinski definition) is 2. The van der Waals surface area contributed by atoms with Crippen LogP contribution in [0.1, 0.15) is 45.4 Å². The summed E-state index contributed by atoms with van der Waals surface area (Å²) in [4.78, 5) is 4.39. The minimum Gasteiger partial charge on any atom is -0.237 e. The summed E-state index contributed by atoms with van der Waals surface area (Å²) in [5.41, 5.74) is 2.72. The van der Waals surface area contributed by atoms with E-state index in [0.29, 0.717) is 0 Å². The highest BCUT2D eigenvalue weighted by Gasteiger charge is 2.22. The molecule has 2 aromatic rings. The highest BCUT2D eigenvalue weighted by atomic mass is 15.3. The van der Waals surface area contributed by atoms with Crippen molar-refractivity contribution in [1.82, 2.24) is 14.8 Å². The highest BCUT2D eigenvalue weighted by Crippen LogP contribution is 2.27. The molecule has 2 rings (SSSR count). The van der Waals surface area contributed by atoms with Gasteiger partial charge in [0.25, 0.3) is 0 Å². The van der Waals surface area contributed by atoms with E-state index in [0.717, 1.165) is 18.7 Å². The van der Waals surface area contributed by atoms with Crippen molar-refractivity contribution in [3.8, 4) is 5.82 Å². The van der Waals surface area contributed by atoms with Crippen molar-refractivity contribution in [2.75, 3.05) is 0 Å². The fourth-order valence-corrected chi connectivity index (χ4v) is 2.15. The molecule has 0 bridgehead atoms. The van der Waals surface area contributed by atoms with Crippen LogP contribution in [0.4, 0.5) is 0 Å². The Morgan fingerprint density at radius 1 is 1.22 bits per heavy atom. The standard InChI is InChI=1S/C15H21N3/c1-5-8-13-12(15(2,3)4)11-17-18(13)14-9-6-7-10-16-14/h6-7,9-11H,5,8H2,1-4H3. The van der Waals surface area contributed by atoms with Crippen molar-refractivity contribution in [2.45, 2.75) is 46.0 Å².